The molecule has 0 bridgehead atoms. The van der Waals surface area contributed by atoms with E-state index in [1.807, 2.05) is 0 Å². The average Bonchev–Trinajstić information content (AvgIpc) is 2.51. The zero-order valence-corrected chi connectivity index (χ0v) is 8.34. The highest BCUT2D eigenvalue weighted by Gasteiger charge is 2.01. The highest BCUT2D eigenvalue weighted by Crippen LogP contribution is 2.25. The molecule has 2 aromatic rings. The summed E-state index contributed by atoms with van der Waals surface area (Å²) in [5.74, 6) is -0.439. The van der Waals surface area contributed by atoms with Crippen molar-refractivity contribution >= 4 is 12.7 Å². The van der Waals surface area contributed by atoms with Crippen LogP contribution in [-0.2, 0) is 0 Å². The van der Waals surface area contributed by atoms with Gasteiger partial charge in [0.2, 0.25) is 0 Å². The Labute approximate surface area is 91.0 Å². The lowest BCUT2D eigenvalue weighted by molar-refractivity contribution is 0.403. The summed E-state index contributed by atoms with van der Waals surface area (Å²) in [6, 6.07) is 5.69. The summed E-state index contributed by atoms with van der Waals surface area (Å²) in [6.07, 6.45) is 1.53. The monoisotopic (exact) mass is 218 g/mol. The standard InChI is InChI=1S/C12H10O4/c1-7-4-11(15)12(16-7)6-8-2-3-9(13)10(14)5-8/h2-6,13-15H,1H2. The fraction of sp³-hybridized carbons (Fsp3) is 0. The molecular weight excluding hydrogens is 208 g/mol. The molecule has 0 unspecified atom stereocenters. The molecule has 0 aliphatic heterocycles. The quantitative estimate of drug-likeness (QED) is 0.614. The van der Waals surface area contributed by atoms with Gasteiger partial charge in [0.25, 0.3) is 0 Å². The molecule has 1 heterocycles. The molecule has 0 radical (unpaired) electrons. The van der Waals surface area contributed by atoms with Crippen molar-refractivity contribution in [3.63, 3.8) is 0 Å². The van der Waals surface area contributed by atoms with Crippen LogP contribution in [0.4, 0.5) is 0 Å². The molecule has 0 aliphatic carbocycles. The Balaban J connectivity index is 2.54. The van der Waals surface area contributed by atoms with Gasteiger partial charge in [-0.2, -0.15) is 0 Å². The lowest BCUT2D eigenvalue weighted by atomic mass is 10.2. The summed E-state index contributed by atoms with van der Waals surface area (Å²) in [4.78, 5) is 0. The fourth-order valence-corrected chi connectivity index (χ4v) is 1.33. The summed E-state index contributed by atoms with van der Waals surface area (Å²) in [5.41, 5.74) is 1.21. The first-order valence-electron chi connectivity index (χ1n) is 4.58. The van der Waals surface area contributed by atoms with Crippen LogP contribution in [0.15, 0.2) is 28.7 Å². The summed E-state index contributed by atoms with van der Waals surface area (Å²) in [6.45, 7) is 3.54. The normalized spacial score (nSPS) is 11.9. The molecule has 2 rings (SSSR count). The second-order valence-electron chi connectivity index (χ2n) is 3.35. The number of aromatic hydroxyl groups is 3. The average molecular weight is 218 g/mol. The third-order valence-electron chi connectivity index (χ3n) is 2.09. The summed E-state index contributed by atoms with van der Waals surface area (Å²) in [7, 11) is 0. The van der Waals surface area contributed by atoms with E-state index in [9.17, 15) is 10.2 Å². The van der Waals surface area contributed by atoms with Crippen molar-refractivity contribution in [2.75, 3.05) is 0 Å². The minimum absolute atomic E-state index is 0.0161. The molecule has 4 heteroatoms. The van der Waals surface area contributed by atoms with Crippen molar-refractivity contribution in [3.05, 3.63) is 40.7 Å². The Kier molecular flexibility index (Phi) is 2.32. The number of phenolic OH excluding ortho intramolecular Hbond substituents is 2. The number of hydrogen-bond donors (Lipinski definition) is 3. The molecule has 0 saturated heterocycles. The van der Waals surface area contributed by atoms with Gasteiger partial charge in [-0.25, -0.2) is 0 Å². The molecule has 0 saturated carbocycles. The maximum Gasteiger partial charge on any atom is 0.169 e. The van der Waals surface area contributed by atoms with E-state index in [-0.39, 0.29) is 22.7 Å². The largest absolute Gasteiger partial charge is 0.504 e. The van der Waals surface area contributed by atoms with Crippen LogP contribution in [0, 0.1) is 0 Å². The molecule has 1 aromatic heterocycles. The molecule has 1 aromatic carbocycles. The van der Waals surface area contributed by atoms with Crippen LogP contribution >= 0.6 is 0 Å². The van der Waals surface area contributed by atoms with Crippen molar-refractivity contribution in [2.45, 2.75) is 0 Å². The Morgan fingerprint density at radius 2 is 1.75 bits per heavy atom. The van der Waals surface area contributed by atoms with Crippen LogP contribution in [-0.4, -0.2) is 15.3 Å². The minimum Gasteiger partial charge on any atom is -0.504 e. The van der Waals surface area contributed by atoms with Gasteiger partial charge in [0.15, 0.2) is 22.7 Å². The predicted octanol–water partition coefficient (Wildman–Crippen LogP) is 0.635. The number of furan rings is 1. The van der Waals surface area contributed by atoms with Crippen molar-refractivity contribution < 1.29 is 19.7 Å². The lowest BCUT2D eigenvalue weighted by Gasteiger charge is -1.97. The van der Waals surface area contributed by atoms with E-state index in [1.165, 1.54) is 24.3 Å². The number of phenols is 2. The van der Waals surface area contributed by atoms with Crippen LogP contribution in [0.2, 0.25) is 0 Å². The third-order valence-corrected chi connectivity index (χ3v) is 2.09. The predicted molar refractivity (Wildman–Crippen MR) is 58.5 cm³/mol. The maximum atomic E-state index is 9.44. The number of hydrogen-bond acceptors (Lipinski definition) is 4. The first-order chi connectivity index (χ1) is 7.56. The zero-order valence-electron chi connectivity index (χ0n) is 8.34. The highest BCUT2D eigenvalue weighted by atomic mass is 16.4. The highest BCUT2D eigenvalue weighted by molar-refractivity contribution is 5.55. The second kappa shape index (κ2) is 3.66. The van der Waals surface area contributed by atoms with E-state index in [1.54, 1.807) is 6.07 Å². The lowest BCUT2D eigenvalue weighted by Crippen LogP contribution is -1.98. The van der Waals surface area contributed by atoms with Crippen molar-refractivity contribution in [3.8, 4) is 17.2 Å². The van der Waals surface area contributed by atoms with Crippen LogP contribution in [0.1, 0.15) is 5.56 Å². The van der Waals surface area contributed by atoms with Gasteiger partial charge >= 0.3 is 0 Å². The molecule has 0 aliphatic rings. The fourth-order valence-electron chi connectivity index (χ4n) is 1.33. The molecule has 0 spiro atoms. The van der Waals surface area contributed by atoms with Crippen LogP contribution in [0.5, 0.6) is 17.2 Å². The molecule has 16 heavy (non-hydrogen) atoms. The van der Waals surface area contributed by atoms with Crippen LogP contribution in [0.25, 0.3) is 12.7 Å². The Morgan fingerprint density at radius 1 is 1.00 bits per heavy atom. The minimum atomic E-state index is -0.227. The first-order valence-corrected chi connectivity index (χ1v) is 4.58. The molecule has 0 amide bonds. The third kappa shape index (κ3) is 1.86. The van der Waals surface area contributed by atoms with E-state index in [2.05, 4.69) is 6.58 Å². The van der Waals surface area contributed by atoms with Crippen LogP contribution in [0.3, 0.4) is 0 Å². The van der Waals surface area contributed by atoms with E-state index in [4.69, 9.17) is 9.52 Å². The zero-order chi connectivity index (χ0) is 11.7. The van der Waals surface area contributed by atoms with Gasteiger partial charge in [0, 0.05) is 6.07 Å². The van der Waals surface area contributed by atoms with Gasteiger partial charge in [-0.1, -0.05) is 12.6 Å². The number of benzene rings is 1. The van der Waals surface area contributed by atoms with Crippen molar-refractivity contribution in [1.82, 2.24) is 0 Å². The van der Waals surface area contributed by atoms with Gasteiger partial charge in [-0.05, 0) is 23.8 Å². The Hall–Kier alpha value is -2.36. The van der Waals surface area contributed by atoms with Gasteiger partial charge in [0.1, 0.15) is 5.42 Å². The first kappa shape index (κ1) is 10.2. The van der Waals surface area contributed by atoms with Crippen molar-refractivity contribution in [1.29, 1.82) is 0 Å². The van der Waals surface area contributed by atoms with Crippen molar-refractivity contribution in [2.24, 2.45) is 0 Å². The summed E-state index contributed by atoms with van der Waals surface area (Å²) >= 11 is 0. The molecule has 0 atom stereocenters. The van der Waals surface area contributed by atoms with E-state index in [0.717, 1.165) is 0 Å². The maximum absolute atomic E-state index is 9.44. The Bertz CT molecular complexity index is 625. The topological polar surface area (TPSA) is 73.8 Å². The molecule has 4 nitrogen and oxygen atoms in total. The smallest absolute Gasteiger partial charge is 0.169 e. The van der Waals surface area contributed by atoms with E-state index < -0.39 is 0 Å². The van der Waals surface area contributed by atoms with Gasteiger partial charge in [-0.15, -0.1) is 0 Å². The van der Waals surface area contributed by atoms with Crippen LogP contribution < -0.4 is 10.8 Å². The molecule has 82 valence electrons. The Morgan fingerprint density at radius 3 is 2.31 bits per heavy atom. The number of rotatable bonds is 1. The van der Waals surface area contributed by atoms with E-state index >= 15 is 0 Å². The SMILES string of the molecule is C=c1cc(O)c(=Cc2ccc(O)c(O)c2)o1. The second-order valence-corrected chi connectivity index (χ2v) is 3.35. The van der Waals surface area contributed by atoms with Gasteiger partial charge in [0.05, 0.1) is 0 Å². The summed E-state index contributed by atoms with van der Waals surface area (Å²) < 4.78 is 5.13. The molecular formula is C12H10O4. The van der Waals surface area contributed by atoms with E-state index in [0.29, 0.717) is 11.0 Å². The summed E-state index contributed by atoms with van der Waals surface area (Å²) in [5, 5.41) is 27.8. The molecule has 3 N–H and O–H groups in total. The van der Waals surface area contributed by atoms with Gasteiger partial charge in [-0.3, -0.25) is 0 Å². The molecule has 0 fully saturated rings. The van der Waals surface area contributed by atoms with Gasteiger partial charge < -0.3 is 19.7 Å².